The molecular weight excluding hydrogens is 364 g/mol. The fourth-order valence-corrected chi connectivity index (χ4v) is 3.10. The quantitative estimate of drug-likeness (QED) is 0.606. The highest BCUT2D eigenvalue weighted by Gasteiger charge is 2.12. The molecule has 3 aromatic rings. The number of aryl methyl sites for hydroxylation is 1. The highest BCUT2D eigenvalue weighted by atomic mass is 32.2. The van der Waals surface area contributed by atoms with Gasteiger partial charge in [-0.3, -0.25) is 9.89 Å². The molecule has 0 saturated carbocycles. The Morgan fingerprint density at radius 3 is 2.74 bits per heavy atom. The fourth-order valence-electron chi connectivity index (χ4n) is 2.50. The zero-order valence-corrected chi connectivity index (χ0v) is 16.1. The van der Waals surface area contributed by atoms with E-state index in [1.165, 1.54) is 11.8 Å². The SMILES string of the molecule is COc1ccc(OC)c(NC(=O)CSc2n[nH]c(-c3ccccc3C)n2)c1. The lowest BCUT2D eigenvalue weighted by Gasteiger charge is -2.11. The van der Waals surface area contributed by atoms with Gasteiger partial charge in [-0.05, 0) is 24.6 Å². The minimum absolute atomic E-state index is 0.172. The number of anilines is 1. The maximum atomic E-state index is 12.3. The number of nitrogens with zero attached hydrogens (tertiary/aromatic N) is 2. The van der Waals surface area contributed by atoms with E-state index in [1.807, 2.05) is 31.2 Å². The fraction of sp³-hybridized carbons (Fsp3) is 0.211. The van der Waals surface area contributed by atoms with Gasteiger partial charge in [-0.1, -0.05) is 36.0 Å². The number of carbonyl (C=O) groups is 1. The van der Waals surface area contributed by atoms with Crippen molar-refractivity contribution in [2.75, 3.05) is 25.3 Å². The molecule has 1 heterocycles. The second-order valence-electron chi connectivity index (χ2n) is 5.68. The van der Waals surface area contributed by atoms with Crippen molar-refractivity contribution < 1.29 is 14.3 Å². The summed E-state index contributed by atoms with van der Waals surface area (Å²) in [6.07, 6.45) is 0. The summed E-state index contributed by atoms with van der Waals surface area (Å²) < 4.78 is 10.4. The number of benzene rings is 2. The van der Waals surface area contributed by atoms with Gasteiger partial charge in [0, 0.05) is 11.6 Å². The predicted molar refractivity (Wildman–Crippen MR) is 105 cm³/mol. The molecule has 0 aliphatic rings. The molecule has 140 valence electrons. The second kappa shape index (κ2) is 8.59. The van der Waals surface area contributed by atoms with Gasteiger partial charge in [0.15, 0.2) is 5.82 Å². The molecular formula is C19H20N4O3S. The van der Waals surface area contributed by atoms with Crippen LogP contribution in [0.3, 0.4) is 0 Å². The molecule has 2 N–H and O–H groups in total. The molecule has 0 atom stereocenters. The molecule has 0 saturated heterocycles. The average Bonchev–Trinajstić information content (AvgIpc) is 3.15. The second-order valence-corrected chi connectivity index (χ2v) is 6.63. The van der Waals surface area contributed by atoms with Gasteiger partial charge in [0.1, 0.15) is 11.5 Å². The Bertz CT molecular complexity index is 942. The van der Waals surface area contributed by atoms with Crippen LogP contribution in [0.25, 0.3) is 11.4 Å². The largest absolute Gasteiger partial charge is 0.497 e. The molecule has 0 aliphatic heterocycles. The number of ether oxygens (including phenoxy) is 2. The maximum absolute atomic E-state index is 12.3. The molecule has 1 aromatic heterocycles. The summed E-state index contributed by atoms with van der Waals surface area (Å²) >= 11 is 1.25. The number of nitrogens with one attached hydrogen (secondary N) is 2. The van der Waals surface area contributed by atoms with Crippen molar-refractivity contribution in [3.8, 4) is 22.9 Å². The molecule has 8 heteroatoms. The number of amides is 1. The van der Waals surface area contributed by atoms with Crippen molar-refractivity contribution in [2.45, 2.75) is 12.1 Å². The number of thioether (sulfide) groups is 1. The van der Waals surface area contributed by atoms with Crippen LogP contribution in [-0.4, -0.2) is 41.1 Å². The van der Waals surface area contributed by atoms with Crippen LogP contribution in [0.4, 0.5) is 5.69 Å². The van der Waals surface area contributed by atoms with Crippen molar-refractivity contribution in [1.82, 2.24) is 15.2 Å². The van der Waals surface area contributed by atoms with Crippen LogP contribution < -0.4 is 14.8 Å². The zero-order chi connectivity index (χ0) is 19.2. The first kappa shape index (κ1) is 18.8. The van der Waals surface area contributed by atoms with Gasteiger partial charge >= 0.3 is 0 Å². The summed E-state index contributed by atoms with van der Waals surface area (Å²) in [5.74, 6) is 1.87. The van der Waals surface area contributed by atoms with Crippen molar-refractivity contribution >= 4 is 23.4 Å². The van der Waals surface area contributed by atoms with E-state index in [9.17, 15) is 4.79 Å². The number of hydrogen-bond acceptors (Lipinski definition) is 6. The molecule has 0 spiro atoms. The molecule has 3 rings (SSSR count). The lowest BCUT2D eigenvalue weighted by Crippen LogP contribution is -2.15. The Kier molecular flexibility index (Phi) is 5.97. The van der Waals surface area contributed by atoms with E-state index in [-0.39, 0.29) is 11.7 Å². The van der Waals surface area contributed by atoms with E-state index in [2.05, 4.69) is 20.5 Å². The average molecular weight is 384 g/mol. The third-order valence-corrected chi connectivity index (χ3v) is 4.73. The monoisotopic (exact) mass is 384 g/mol. The summed E-state index contributed by atoms with van der Waals surface area (Å²) in [5.41, 5.74) is 2.65. The number of carbonyl (C=O) groups excluding carboxylic acids is 1. The Labute approximate surface area is 161 Å². The topological polar surface area (TPSA) is 89.1 Å². The van der Waals surface area contributed by atoms with Crippen molar-refractivity contribution in [3.63, 3.8) is 0 Å². The standard InChI is InChI=1S/C19H20N4O3S/c1-12-6-4-5-7-14(12)18-21-19(23-22-18)27-11-17(24)20-15-10-13(25-2)8-9-16(15)26-3/h4-10H,11H2,1-3H3,(H,20,24)(H,21,22,23). The van der Waals surface area contributed by atoms with Gasteiger partial charge in [0.25, 0.3) is 0 Å². The van der Waals surface area contributed by atoms with Crippen molar-refractivity contribution in [3.05, 3.63) is 48.0 Å². The normalized spacial score (nSPS) is 10.5. The molecule has 27 heavy (non-hydrogen) atoms. The van der Waals surface area contributed by atoms with E-state index in [0.29, 0.717) is 28.2 Å². The Balaban J connectivity index is 1.63. The lowest BCUT2D eigenvalue weighted by molar-refractivity contribution is -0.113. The van der Waals surface area contributed by atoms with Gasteiger partial charge < -0.3 is 14.8 Å². The molecule has 0 unspecified atom stereocenters. The summed E-state index contributed by atoms with van der Waals surface area (Å²) in [5, 5.41) is 10.4. The number of methoxy groups -OCH3 is 2. The molecule has 2 aromatic carbocycles. The Hall–Kier alpha value is -3.00. The summed E-state index contributed by atoms with van der Waals surface area (Å²) in [4.78, 5) is 16.7. The van der Waals surface area contributed by atoms with Crippen molar-refractivity contribution in [2.24, 2.45) is 0 Å². The lowest BCUT2D eigenvalue weighted by atomic mass is 10.1. The number of aromatic nitrogens is 3. The first-order valence-electron chi connectivity index (χ1n) is 8.24. The van der Waals surface area contributed by atoms with Gasteiger partial charge in [-0.25, -0.2) is 4.98 Å². The van der Waals surface area contributed by atoms with Gasteiger partial charge in [-0.2, -0.15) is 0 Å². The smallest absolute Gasteiger partial charge is 0.234 e. The summed E-state index contributed by atoms with van der Waals surface area (Å²) in [7, 11) is 3.12. The van der Waals surface area contributed by atoms with Gasteiger partial charge in [0.2, 0.25) is 11.1 Å². The molecule has 0 bridgehead atoms. The predicted octanol–water partition coefficient (Wildman–Crippen LogP) is 3.53. The highest BCUT2D eigenvalue weighted by Crippen LogP contribution is 2.29. The van der Waals surface area contributed by atoms with E-state index in [4.69, 9.17) is 9.47 Å². The first-order valence-corrected chi connectivity index (χ1v) is 9.22. The minimum Gasteiger partial charge on any atom is -0.497 e. The van der Waals surface area contributed by atoms with E-state index in [0.717, 1.165) is 11.1 Å². The molecule has 0 radical (unpaired) electrons. The molecule has 1 amide bonds. The molecule has 7 nitrogen and oxygen atoms in total. The number of rotatable bonds is 7. The van der Waals surface area contributed by atoms with Crippen LogP contribution in [-0.2, 0) is 4.79 Å². The Morgan fingerprint density at radius 2 is 2.00 bits per heavy atom. The van der Waals surface area contributed by atoms with Crippen molar-refractivity contribution in [1.29, 1.82) is 0 Å². The van der Waals surface area contributed by atoms with Crippen LogP contribution in [0, 0.1) is 6.92 Å². The van der Waals surface area contributed by atoms with E-state index in [1.54, 1.807) is 32.4 Å². The van der Waals surface area contributed by atoms with Crippen LogP contribution in [0.1, 0.15) is 5.56 Å². The minimum atomic E-state index is -0.186. The third-order valence-electron chi connectivity index (χ3n) is 3.88. The van der Waals surface area contributed by atoms with Crippen LogP contribution >= 0.6 is 11.8 Å². The summed E-state index contributed by atoms with van der Waals surface area (Å²) in [6, 6.07) is 13.1. The number of aromatic amines is 1. The zero-order valence-electron chi connectivity index (χ0n) is 15.3. The van der Waals surface area contributed by atoms with Gasteiger partial charge in [0.05, 0.1) is 25.7 Å². The molecule has 0 fully saturated rings. The van der Waals surface area contributed by atoms with E-state index >= 15 is 0 Å². The van der Waals surface area contributed by atoms with Gasteiger partial charge in [-0.15, -0.1) is 5.10 Å². The van der Waals surface area contributed by atoms with Crippen LogP contribution in [0.5, 0.6) is 11.5 Å². The first-order chi connectivity index (χ1) is 13.1. The van der Waals surface area contributed by atoms with E-state index < -0.39 is 0 Å². The van der Waals surface area contributed by atoms with Crippen LogP contribution in [0.15, 0.2) is 47.6 Å². The number of hydrogen-bond donors (Lipinski definition) is 2. The summed E-state index contributed by atoms with van der Waals surface area (Å²) in [6.45, 7) is 2.01. The highest BCUT2D eigenvalue weighted by molar-refractivity contribution is 7.99. The molecule has 0 aliphatic carbocycles. The maximum Gasteiger partial charge on any atom is 0.234 e. The Morgan fingerprint density at radius 1 is 1.19 bits per heavy atom. The number of H-pyrrole nitrogens is 1. The third kappa shape index (κ3) is 4.59. The van der Waals surface area contributed by atoms with Crippen LogP contribution in [0.2, 0.25) is 0 Å².